The van der Waals surface area contributed by atoms with Crippen LogP contribution in [-0.2, 0) is 4.74 Å². The van der Waals surface area contributed by atoms with Crippen LogP contribution in [0.25, 0.3) is 0 Å². The van der Waals surface area contributed by atoms with E-state index < -0.39 is 0 Å². The van der Waals surface area contributed by atoms with Crippen molar-refractivity contribution in [2.45, 2.75) is 38.8 Å². The van der Waals surface area contributed by atoms with Gasteiger partial charge in [0.25, 0.3) is 0 Å². The second-order valence-corrected chi connectivity index (χ2v) is 3.98. The molecule has 1 fully saturated rings. The fraction of sp³-hybridized carbons (Fsp3) is 0.727. The molecular formula is C11H19N3O. The van der Waals surface area contributed by atoms with Crippen molar-refractivity contribution in [2.75, 3.05) is 18.5 Å². The van der Waals surface area contributed by atoms with Crippen LogP contribution < -0.4 is 5.32 Å². The Morgan fingerprint density at radius 1 is 1.73 bits per heavy atom. The summed E-state index contributed by atoms with van der Waals surface area (Å²) in [4.78, 5) is 4.29. The first-order valence-electron chi connectivity index (χ1n) is 5.71. The molecule has 1 aliphatic heterocycles. The molecule has 1 aliphatic rings. The van der Waals surface area contributed by atoms with Crippen LogP contribution in [0.1, 0.15) is 32.7 Å². The molecule has 15 heavy (non-hydrogen) atoms. The molecule has 0 aliphatic carbocycles. The summed E-state index contributed by atoms with van der Waals surface area (Å²) in [6, 6.07) is 0.365. The topological polar surface area (TPSA) is 39.1 Å². The van der Waals surface area contributed by atoms with E-state index in [1.807, 2.05) is 12.4 Å². The summed E-state index contributed by atoms with van der Waals surface area (Å²) in [5.74, 6) is 0.945. The molecule has 2 unspecified atom stereocenters. The first kappa shape index (κ1) is 10.5. The second-order valence-electron chi connectivity index (χ2n) is 3.98. The summed E-state index contributed by atoms with van der Waals surface area (Å²) in [5, 5.41) is 3.26. The zero-order chi connectivity index (χ0) is 10.7. The van der Waals surface area contributed by atoms with Gasteiger partial charge in [-0.1, -0.05) is 0 Å². The Hall–Kier alpha value is -1.03. The van der Waals surface area contributed by atoms with Gasteiger partial charge < -0.3 is 14.6 Å². The highest BCUT2D eigenvalue weighted by molar-refractivity contribution is 5.26. The molecule has 1 N–H and O–H groups in total. The predicted octanol–water partition coefficient (Wildman–Crippen LogP) is 2.05. The van der Waals surface area contributed by atoms with Crippen molar-refractivity contribution in [3.63, 3.8) is 0 Å². The number of hydrogen-bond donors (Lipinski definition) is 1. The molecular weight excluding hydrogens is 190 g/mol. The van der Waals surface area contributed by atoms with Crippen molar-refractivity contribution < 1.29 is 4.74 Å². The molecule has 0 bridgehead atoms. The largest absolute Gasteiger partial charge is 0.376 e. The maximum atomic E-state index is 5.70. The number of nitrogens with zero attached hydrogens (tertiary/aromatic N) is 2. The van der Waals surface area contributed by atoms with Gasteiger partial charge in [-0.2, -0.15) is 0 Å². The van der Waals surface area contributed by atoms with E-state index in [1.54, 1.807) is 0 Å². The van der Waals surface area contributed by atoms with E-state index in [9.17, 15) is 0 Å². The number of ether oxygens (including phenoxy) is 1. The van der Waals surface area contributed by atoms with Gasteiger partial charge in [-0.25, -0.2) is 4.98 Å². The molecule has 84 valence electrons. The Bertz CT molecular complexity index is 305. The summed E-state index contributed by atoms with van der Waals surface area (Å²) in [5.41, 5.74) is 0. The van der Waals surface area contributed by atoms with Crippen LogP contribution in [0.4, 0.5) is 5.95 Å². The van der Waals surface area contributed by atoms with Gasteiger partial charge in [0.15, 0.2) is 0 Å². The maximum absolute atomic E-state index is 5.70. The summed E-state index contributed by atoms with van der Waals surface area (Å²) < 4.78 is 7.86. The summed E-state index contributed by atoms with van der Waals surface area (Å²) in [6.07, 6.45) is 6.54. The van der Waals surface area contributed by atoms with E-state index in [0.717, 1.165) is 25.5 Å². The Morgan fingerprint density at radius 2 is 2.60 bits per heavy atom. The molecule has 0 radical (unpaired) electrons. The average molecular weight is 209 g/mol. The summed E-state index contributed by atoms with van der Waals surface area (Å²) >= 11 is 0. The molecule has 0 spiro atoms. The Morgan fingerprint density at radius 3 is 3.27 bits per heavy atom. The van der Waals surface area contributed by atoms with Crippen molar-refractivity contribution in [3.8, 4) is 0 Å². The Kier molecular flexibility index (Phi) is 3.26. The standard InChI is InChI=1S/C11H19N3O/c1-3-12-11-13-6-7-14(11)9(2)10-5-4-8-15-10/h6-7,9-10H,3-5,8H2,1-2H3,(H,12,13). The number of nitrogens with one attached hydrogen (secondary N) is 1. The van der Waals surface area contributed by atoms with Crippen LogP contribution in [0, 0.1) is 0 Å². The van der Waals surface area contributed by atoms with Gasteiger partial charge in [0.05, 0.1) is 12.1 Å². The quantitative estimate of drug-likeness (QED) is 0.825. The zero-order valence-electron chi connectivity index (χ0n) is 9.44. The lowest BCUT2D eigenvalue weighted by Gasteiger charge is -2.22. The Labute approximate surface area is 90.6 Å². The lowest BCUT2D eigenvalue weighted by Crippen LogP contribution is -2.22. The van der Waals surface area contributed by atoms with Crippen molar-refractivity contribution in [1.29, 1.82) is 0 Å². The van der Waals surface area contributed by atoms with Gasteiger partial charge in [-0.3, -0.25) is 0 Å². The molecule has 2 rings (SSSR count). The van der Waals surface area contributed by atoms with Gasteiger partial charge in [0, 0.05) is 25.5 Å². The van der Waals surface area contributed by atoms with Crippen LogP contribution in [-0.4, -0.2) is 28.8 Å². The third-order valence-corrected chi connectivity index (χ3v) is 2.95. The SMILES string of the molecule is CCNc1nccn1C(C)C1CCCO1. The van der Waals surface area contributed by atoms with Gasteiger partial charge in [0.2, 0.25) is 5.95 Å². The normalized spacial score (nSPS) is 22.9. The molecule has 2 atom stereocenters. The van der Waals surface area contributed by atoms with Gasteiger partial charge in [-0.15, -0.1) is 0 Å². The second kappa shape index (κ2) is 4.66. The number of aromatic nitrogens is 2. The molecule has 0 amide bonds. The molecule has 0 aromatic carbocycles. The fourth-order valence-electron chi connectivity index (χ4n) is 2.10. The van der Waals surface area contributed by atoms with E-state index in [4.69, 9.17) is 4.74 Å². The van der Waals surface area contributed by atoms with Crippen molar-refractivity contribution in [1.82, 2.24) is 9.55 Å². The molecule has 1 aromatic rings. The molecule has 2 heterocycles. The molecule has 4 heteroatoms. The summed E-state index contributed by atoms with van der Waals surface area (Å²) in [6.45, 7) is 6.07. The lowest BCUT2D eigenvalue weighted by molar-refractivity contribution is 0.0739. The van der Waals surface area contributed by atoms with Crippen molar-refractivity contribution in [3.05, 3.63) is 12.4 Å². The third-order valence-electron chi connectivity index (χ3n) is 2.95. The highest BCUT2D eigenvalue weighted by Crippen LogP contribution is 2.26. The lowest BCUT2D eigenvalue weighted by atomic mass is 10.1. The zero-order valence-corrected chi connectivity index (χ0v) is 9.44. The van der Waals surface area contributed by atoms with Gasteiger partial charge in [0.1, 0.15) is 0 Å². The molecule has 1 aromatic heterocycles. The van der Waals surface area contributed by atoms with Crippen LogP contribution >= 0.6 is 0 Å². The molecule has 1 saturated heterocycles. The third kappa shape index (κ3) is 2.15. The van der Waals surface area contributed by atoms with E-state index in [0.29, 0.717) is 12.1 Å². The molecule has 4 nitrogen and oxygen atoms in total. The minimum atomic E-state index is 0.344. The maximum Gasteiger partial charge on any atom is 0.203 e. The van der Waals surface area contributed by atoms with E-state index in [1.165, 1.54) is 6.42 Å². The van der Waals surface area contributed by atoms with Crippen molar-refractivity contribution in [2.24, 2.45) is 0 Å². The van der Waals surface area contributed by atoms with E-state index >= 15 is 0 Å². The van der Waals surface area contributed by atoms with Gasteiger partial charge >= 0.3 is 0 Å². The summed E-state index contributed by atoms with van der Waals surface area (Å²) in [7, 11) is 0. The van der Waals surface area contributed by atoms with Crippen LogP contribution in [0.15, 0.2) is 12.4 Å². The van der Waals surface area contributed by atoms with Crippen LogP contribution in [0.5, 0.6) is 0 Å². The number of rotatable bonds is 4. The minimum absolute atomic E-state index is 0.344. The van der Waals surface area contributed by atoms with Crippen molar-refractivity contribution >= 4 is 5.95 Å². The molecule has 0 saturated carbocycles. The first-order chi connectivity index (χ1) is 7.33. The predicted molar refractivity (Wildman–Crippen MR) is 60.1 cm³/mol. The van der Waals surface area contributed by atoms with E-state index in [2.05, 4.69) is 28.7 Å². The number of anilines is 1. The van der Waals surface area contributed by atoms with Crippen LogP contribution in [0.3, 0.4) is 0 Å². The first-order valence-corrected chi connectivity index (χ1v) is 5.71. The van der Waals surface area contributed by atoms with Crippen LogP contribution in [0.2, 0.25) is 0 Å². The smallest absolute Gasteiger partial charge is 0.203 e. The Balaban J connectivity index is 2.09. The monoisotopic (exact) mass is 209 g/mol. The minimum Gasteiger partial charge on any atom is -0.376 e. The fourth-order valence-corrected chi connectivity index (χ4v) is 2.10. The number of imidazole rings is 1. The van der Waals surface area contributed by atoms with E-state index in [-0.39, 0.29) is 0 Å². The number of hydrogen-bond acceptors (Lipinski definition) is 3. The highest BCUT2D eigenvalue weighted by Gasteiger charge is 2.24. The average Bonchev–Trinajstić information content (AvgIpc) is 2.87. The highest BCUT2D eigenvalue weighted by atomic mass is 16.5. The van der Waals surface area contributed by atoms with Gasteiger partial charge in [-0.05, 0) is 26.7 Å².